The maximum absolute atomic E-state index is 13.1. The number of nitrogens with one attached hydrogen (secondary N) is 1. The molecule has 2 aromatic rings. The second kappa shape index (κ2) is 11.2. The van der Waals surface area contributed by atoms with Gasteiger partial charge in [-0.1, -0.05) is 31.7 Å². The van der Waals surface area contributed by atoms with Crippen molar-refractivity contribution in [1.82, 2.24) is 5.32 Å². The van der Waals surface area contributed by atoms with Gasteiger partial charge in [-0.25, -0.2) is 13.2 Å². The Labute approximate surface area is 194 Å². The van der Waals surface area contributed by atoms with E-state index in [-0.39, 0.29) is 22.4 Å². The van der Waals surface area contributed by atoms with E-state index in [9.17, 15) is 18.0 Å². The van der Waals surface area contributed by atoms with Crippen LogP contribution < -0.4 is 14.4 Å². The van der Waals surface area contributed by atoms with Gasteiger partial charge in [-0.15, -0.1) is 0 Å². The summed E-state index contributed by atoms with van der Waals surface area (Å²) in [5.74, 6) is -0.495. The highest BCUT2D eigenvalue weighted by atomic mass is 32.2. The molecule has 3 rings (SSSR count). The van der Waals surface area contributed by atoms with Crippen molar-refractivity contribution in [2.75, 3.05) is 25.1 Å². The molecular formula is C24H30N2O6S. The standard InChI is InChI=1S/C24H30N2O6S/c1-26(20-12-14-21(31-2)15-13-20)33(29,30)22-11-7-8-18(16-22)24(28)32-17-23(27)25-19-9-5-3-4-6-10-19/h7-8,11-16,19H,3-6,9-10,17H2,1-2H3,(H,25,27). The van der Waals surface area contributed by atoms with Gasteiger partial charge in [0.2, 0.25) is 0 Å². The molecule has 0 saturated heterocycles. The molecule has 1 aliphatic carbocycles. The van der Waals surface area contributed by atoms with Gasteiger partial charge in [0.05, 0.1) is 23.3 Å². The summed E-state index contributed by atoms with van der Waals surface area (Å²) >= 11 is 0. The minimum absolute atomic E-state index is 0.0569. The van der Waals surface area contributed by atoms with Crippen molar-refractivity contribution in [3.63, 3.8) is 0 Å². The molecule has 0 unspecified atom stereocenters. The number of ether oxygens (including phenoxy) is 2. The SMILES string of the molecule is COc1ccc(N(C)S(=O)(=O)c2cccc(C(=O)OCC(=O)NC3CCCCCC3)c2)cc1. The molecule has 1 N–H and O–H groups in total. The van der Waals surface area contributed by atoms with Gasteiger partial charge in [-0.05, 0) is 55.3 Å². The molecule has 0 aliphatic heterocycles. The third-order valence-electron chi connectivity index (χ3n) is 5.72. The first kappa shape index (κ1) is 24.6. The van der Waals surface area contributed by atoms with Crippen LogP contribution in [0.25, 0.3) is 0 Å². The second-order valence-corrected chi connectivity index (χ2v) is 10.00. The second-order valence-electron chi connectivity index (χ2n) is 8.03. The summed E-state index contributed by atoms with van der Waals surface area (Å²) in [5, 5.41) is 2.91. The van der Waals surface area contributed by atoms with Gasteiger partial charge in [0.15, 0.2) is 6.61 Å². The van der Waals surface area contributed by atoms with Crippen LogP contribution in [0, 0.1) is 0 Å². The molecule has 178 valence electrons. The zero-order chi connectivity index (χ0) is 23.8. The molecule has 33 heavy (non-hydrogen) atoms. The van der Waals surface area contributed by atoms with Crippen molar-refractivity contribution in [3.8, 4) is 5.75 Å². The van der Waals surface area contributed by atoms with Crippen molar-refractivity contribution in [2.24, 2.45) is 0 Å². The van der Waals surface area contributed by atoms with Crippen LogP contribution in [-0.4, -0.2) is 47.1 Å². The predicted octanol–water partition coefficient (Wildman–Crippen LogP) is 3.52. The highest BCUT2D eigenvalue weighted by Crippen LogP contribution is 2.25. The maximum Gasteiger partial charge on any atom is 0.338 e. The van der Waals surface area contributed by atoms with E-state index in [4.69, 9.17) is 9.47 Å². The molecule has 0 heterocycles. The summed E-state index contributed by atoms with van der Waals surface area (Å²) in [6, 6.07) is 12.3. The van der Waals surface area contributed by atoms with E-state index in [2.05, 4.69) is 5.32 Å². The lowest BCUT2D eigenvalue weighted by molar-refractivity contribution is -0.125. The van der Waals surface area contributed by atoms with Crippen LogP contribution in [0.1, 0.15) is 48.9 Å². The van der Waals surface area contributed by atoms with Crippen molar-refractivity contribution < 1.29 is 27.5 Å². The van der Waals surface area contributed by atoms with Crippen LogP contribution in [0.15, 0.2) is 53.4 Å². The van der Waals surface area contributed by atoms with E-state index >= 15 is 0 Å². The van der Waals surface area contributed by atoms with Gasteiger partial charge in [0, 0.05) is 13.1 Å². The zero-order valence-corrected chi connectivity index (χ0v) is 19.8. The fraction of sp³-hybridized carbons (Fsp3) is 0.417. The van der Waals surface area contributed by atoms with Crippen LogP contribution in [0.5, 0.6) is 5.75 Å². The Morgan fingerprint density at radius 2 is 1.70 bits per heavy atom. The number of esters is 1. The first-order valence-corrected chi connectivity index (χ1v) is 12.4. The number of hydrogen-bond acceptors (Lipinski definition) is 6. The van der Waals surface area contributed by atoms with Gasteiger partial charge in [-0.3, -0.25) is 9.10 Å². The molecular weight excluding hydrogens is 444 g/mol. The minimum atomic E-state index is -3.92. The quantitative estimate of drug-likeness (QED) is 0.464. The molecule has 9 heteroatoms. The van der Waals surface area contributed by atoms with E-state index in [1.54, 1.807) is 24.3 Å². The molecule has 8 nitrogen and oxygen atoms in total. The van der Waals surface area contributed by atoms with Crippen molar-refractivity contribution in [1.29, 1.82) is 0 Å². The highest BCUT2D eigenvalue weighted by Gasteiger charge is 2.23. The number of carbonyl (C=O) groups is 2. The Bertz CT molecular complexity index is 1060. The van der Waals surface area contributed by atoms with Gasteiger partial charge in [0.25, 0.3) is 15.9 Å². The van der Waals surface area contributed by atoms with Crippen molar-refractivity contribution >= 4 is 27.6 Å². The number of sulfonamides is 1. The van der Waals surface area contributed by atoms with Gasteiger partial charge >= 0.3 is 5.97 Å². The lowest BCUT2D eigenvalue weighted by Gasteiger charge is -2.20. The van der Waals surface area contributed by atoms with Crippen LogP contribution in [0.3, 0.4) is 0 Å². The monoisotopic (exact) mass is 474 g/mol. The van der Waals surface area contributed by atoms with E-state index in [1.165, 1.54) is 51.3 Å². The Kier molecular flexibility index (Phi) is 8.32. The highest BCUT2D eigenvalue weighted by molar-refractivity contribution is 7.92. The number of hydrogen-bond donors (Lipinski definition) is 1. The van der Waals surface area contributed by atoms with E-state index in [0.717, 1.165) is 30.0 Å². The molecule has 1 amide bonds. The van der Waals surface area contributed by atoms with Crippen LogP contribution in [0.2, 0.25) is 0 Å². The summed E-state index contributed by atoms with van der Waals surface area (Å²) in [7, 11) is -0.957. The van der Waals surface area contributed by atoms with E-state index in [0.29, 0.717) is 11.4 Å². The van der Waals surface area contributed by atoms with Crippen LogP contribution >= 0.6 is 0 Å². The number of rotatable bonds is 8. The van der Waals surface area contributed by atoms with E-state index < -0.39 is 22.6 Å². The Hall–Kier alpha value is -3.07. The first-order valence-electron chi connectivity index (χ1n) is 11.0. The summed E-state index contributed by atoms with van der Waals surface area (Å²) in [5.41, 5.74) is 0.500. The van der Waals surface area contributed by atoms with Crippen molar-refractivity contribution in [3.05, 3.63) is 54.1 Å². The third kappa shape index (κ3) is 6.47. The van der Waals surface area contributed by atoms with Crippen LogP contribution in [-0.2, 0) is 19.6 Å². The third-order valence-corrected chi connectivity index (χ3v) is 7.50. The maximum atomic E-state index is 13.1. The fourth-order valence-corrected chi connectivity index (χ4v) is 5.02. The largest absolute Gasteiger partial charge is 0.497 e. The molecule has 2 aromatic carbocycles. The average Bonchev–Trinajstić information content (AvgIpc) is 3.10. The average molecular weight is 475 g/mol. The number of benzene rings is 2. The summed E-state index contributed by atoms with van der Waals surface area (Å²) in [6.07, 6.45) is 6.37. The Morgan fingerprint density at radius 1 is 1.03 bits per heavy atom. The molecule has 1 aliphatic rings. The smallest absolute Gasteiger partial charge is 0.338 e. The van der Waals surface area contributed by atoms with Gasteiger partial charge in [-0.2, -0.15) is 0 Å². The summed E-state index contributed by atoms with van der Waals surface area (Å²) in [4.78, 5) is 24.6. The van der Waals surface area contributed by atoms with Gasteiger partial charge in [0.1, 0.15) is 5.75 Å². The minimum Gasteiger partial charge on any atom is -0.497 e. The van der Waals surface area contributed by atoms with Crippen LogP contribution in [0.4, 0.5) is 5.69 Å². The predicted molar refractivity (Wildman–Crippen MR) is 125 cm³/mol. The molecule has 1 fully saturated rings. The lowest BCUT2D eigenvalue weighted by Crippen LogP contribution is -2.37. The van der Waals surface area contributed by atoms with Gasteiger partial charge < -0.3 is 14.8 Å². The van der Waals surface area contributed by atoms with Crippen molar-refractivity contribution in [2.45, 2.75) is 49.5 Å². The normalized spacial score (nSPS) is 14.7. The lowest BCUT2D eigenvalue weighted by atomic mass is 10.1. The number of nitrogens with zero attached hydrogens (tertiary/aromatic N) is 1. The molecule has 0 atom stereocenters. The molecule has 0 aromatic heterocycles. The first-order chi connectivity index (χ1) is 15.8. The molecule has 0 radical (unpaired) electrons. The molecule has 1 saturated carbocycles. The number of carbonyl (C=O) groups excluding carboxylic acids is 2. The molecule has 0 spiro atoms. The zero-order valence-electron chi connectivity index (χ0n) is 19.0. The number of anilines is 1. The summed E-state index contributed by atoms with van der Waals surface area (Å²) < 4.78 is 37.5. The number of amides is 1. The van der Waals surface area contributed by atoms with E-state index in [1.807, 2.05) is 0 Å². The Morgan fingerprint density at radius 3 is 2.33 bits per heavy atom. The fourth-order valence-electron chi connectivity index (χ4n) is 3.78. The Balaban J connectivity index is 1.63. The summed E-state index contributed by atoms with van der Waals surface area (Å²) in [6.45, 7) is -0.405. The topological polar surface area (TPSA) is 102 Å². The number of methoxy groups -OCH3 is 1. The molecule has 0 bridgehead atoms.